The molecule has 0 aliphatic carbocycles. The molecule has 0 aromatic heterocycles. The van der Waals surface area contributed by atoms with Gasteiger partial charge in [0.1, 0.15) is 0 Å². The molecule has 0 spiro atoms. The van der Waals surface area contributed by atoms with E-state index in [0.717, 1.165) is 6.42 Å². The SMILES string of the molecule is C=Cc1cc(C)c(CC)cc1C=C.CC.CC. The molecule has 0 radical (unpaired) electrons. The Hall–Kier alpha value is -1.30. The first-order valence-corrected chi connectivity index (χ1v) is 6.61. The van der Waals surface area contributed by atoms with Gasteiger partial charge < -0.3 is 0 Å². The number of rotatable bonds is 3. The van der Waals surface area contributed by atoms with Gasteiger partial charge in [-0.1, -0.05) is 72.1 Å². The Morgan fingerprint density at radius 2 is 1.35 bits per heavy atom. The third kappa shape index (κ3) is 5.53. The second-order valence-electron chi connectivity index (χ2n) is 3.17. The molecule has 0 bridgehead atoms. The first-order valence-electron chi connectivity index (χ1n) is 6.61. The Kier molecular flexibility index (Phi) is 11.9. The Labute approximate surface area is 108 Å². The Balaban J connectivity index is 0. The molecule has 0 heterocycles. The van der Waals surface area contributed by atoms with Crippen LogP contribution in [0.2, 0.25) is 0 Å². The van der Waals surface area contributed by atoms with E-state index < -0.39 is 0 Å². The summed E-state index contributed by atoms with van der Waals surface area (Å²) in [4.78, 5) is 0. The van der Waals surface area contributed by atoms with E-state index in [4.69, 9.17) is 0 Å². The lowest BCUT2D eigenvalue weighted by Gasteiger charge is -2.08. The Morgan fingerprint density at radius 1 is 0.941 bits per heavy atom. The molecule has 0 aliphatic heterocycles. The van der Waals surface area contributed by atoms with Gasteiger partial charge in [-0.2, -0.15) is 0 Å². The second kappa shape index (κ2) is 11.2. The Bertz CT molecular complexity index is 332. The van der Waals surface area contributed by atoms with E-state index in [2.05, 4.69) is 39.1 Å². The zero-order valence-corrected chi connectivity index (χ0v) is 12.4. The smallest absolute Gasteiger partial charge is 0.0187 e. The van der Waals surface area contributed by atoms with Gasteiger partial charge in [-0.3, -0.25) is 0 Å². The summed E-state index contributed by atoms with van der Waals surface area (Å²) in [5.41, 5.74) is 5.07. The molecule has 17 heavy (non-hydrogen) atoms. The molecule has 0 aliphatic rings. The molecule has 0 amide bonds. The van der Waals surface area contributed by atoms with Crippen molar-refractivity contribution in [2.75, 3.05) is 0 Å². The molecule has 0 saturated heterocycles. The molecule has 1 aromatic carbocycles. The maximum atomic E-state index is 3.80. The summed E-state index contributed by atoms with van der Waals surface area (Å²) in [5, 5.41) is 0. The molecule has 0 nitrogen and oxygen atoms in total. The molecule has 0 unspecified atom stereocenters. The van der Waals surface area contributed by atoms with Gasteiger partial charge in [-0.05, 0) is 35.6 Å². The van der Waals surface area contributed by atoms with Crippen LogP contribution in [0.4, 0.5) is 0 Å². The average Bonchev–Trinajstić information content (AvgIpc) is 2.42. The summed E-state index contributed by atoms with van der Waals surface area (Å²) in [7, 11) is 0. The maximum absolute atomic E-state index is 3.80. The normalized spacial score (nSPS) is 8.12. The summed E-state index contributed by atoms with van der Waals surface area (Å²) in [6, 6.07) is 4.36. The highest BCUT2D eigenvalue weighted by molar-refractivity contribution is 5.65. The van der Waals surface area contributed by atoms with Crippen molar-refractivity contribution in [3.8, 4) is 0 Å². The fourth-order valence-electron chi connectivity index (χ4n) is 1.53. The molecule has 0 atom stereocenters. The molecule has 1 aromatic rings. The predicted molar refractivity (Wildman–Crippen MR) is 83.4 cm³/mol. The van der Waals surface area contributed by atoms with Crippen LogP contribution in [0.15, 0.2) is 25.3 Å². The molecule has 0 heteroatoms. The van der Waals surface area contributed by atoms with Crippen molar-refractivity contribution in [2.45, 2.75) is 48.0 Å². The zero-order chi connectivity index (χ0) is 13.8. The van der Waals surface area contributed by atoms with E-state index in [1.54, 1.807) is 0 Å². The monoisotopic (exact) mass is 232 g/mol. The quantitative estimate of drug-likeness (QED) is 0.609. The third-order valence-electron chi connectivity index (χ3n) is 2.36. The van der Waals surface area contributed by atoms with E-state index in [1.807, 2.05) is 39.8 Å². The van der Waals surface area contributed by atoms with E-state index in [0.29, 0.717) is 0 Å². The van der Waals surface area contributed by atoms with E-state index in [1.165, 1.54) is 22.3 Å². The van der Waals surface area contributed by atoms with Crippen molar-refractivity contribution >= 4 is 12.2 Å². The van der Waals surface area contributed by atoms with Crippen LogP contribution in [0.1, 0.15) is 56.9 Å². The van der Waals surface area contributed by atoms with Gasteiger partial charge >= 0.3 is 0 Å². The first kappa shape index (κ1) is 18.1. The van der Waals surface area contributed by atoms with Gasteiger partial charge in [0, 0.05) is 0 Å². The molecule has 0 N–H and O–H groups in total. The third-order valence-corrected chi connectivity index (χ3v) is 2.36. The van der Waals surface area contributed by atoms with Crippen LogP contribution in [-0.2, 0) is 6.42 Å². The summed E-state index contributed by atoms with van der Waals surface area (Å²) in [5.74, 6) is 0. The summed E-state index contributed by atoms with van der Waals surface area (Å²) >= 11 is 0. The largest absolute Gasteiger partial charge is 0.0984 e. The van der Waals surface area contributed by atoms with Crippen LogP contribution in [0.5, 0.6) is 0 Å². The van der Waals surface area contributed by atoms with Gasteiger partial charge in [-0.15, -0.1) is 0 Å². The summed E-state index contributed by atoms with van der Waals surface area (Å²) in [6.07, 6.45) is 4.84. The Morgan fingerprint density at radius 3 is 1.71 bits per heavy atom. The van der Waals surface area contributed by atoms with Crippen LogP contribution in [0.25, 0.3) is 12.2 Å². The van der Waals surface area contributed by atoms with E-state index >= 15 is 0 Å². The van der Waals surface area contributed by atoms with Gasteiger partial charge in [0.2, 0.25) is 0 Å². The lowest BCUT2D eigenvalue weighted by molar-refractivity contribution is 1.11. The summed E-state index contributed by atoms with van der Waals surface area (Å²) in [6.45, 7) is 19.9. The van der Waals surface area contributed by atoms with Crippen molar-refractivity contribution in [3.63, 3.8) is 0 Å². The standard InChI is InChI=1S/C13H16.2C2H6/c1-5-11-9-13(7-3)12(6-2)8-10(11)4;2*1-2/h6-9H,2-3,5H2,1,4H3;2*1-2H3. The molecule has 0 saturated carbocycles. The molecule has 96 valence electrons. The second-order valence-corrected chi connectivity index (χ2v) is 3.17. The van der Waals surface area contributed by atoms with E-state index in [9.17, 15) is 0 Å². The fourth-order valence-corrected chi connectivity index (χ4v) is 1.53. The molecule has 0 fully saturated rings. The molecular weight excluding hydrogens is 204 g/mol. The first-order chi connectivity index (χ1) is 8.22. The van der Waals surface area contributed by atoms with Crippen LogP contribution in [0.3, 0.4) is 0 Å². The number of hydrogen-bond donors (Lipinski definition) is 0. The van der Waals surface area contributed by atoms with Crippen LogP contribution < -0.4 is 0 Å². The highest BCUT2D eigenvalue weighted by Crippen LogP contribution is 2.19. The minimum absolute atomic E-state index is 1.07. The van der Waals surface area contributed by atoms with Gasteiger partial charge in [0.25, 0.3) is 0 Å². The maximum Gasteiger partial charge on any atom is -0.0187 e. The number of aryl methyl sites for hydroxylation is 2. The fraction of sp³-hybridized carbons (Fsp3) is 0.412. The van der Waals surface area contributed by atoms with Crippen LogP contribution in [0, 0.1) is 6.92 Å². The van der Waals surface area contributed by atoms with Crippen molar-refractivity contribution in [2.24, 2.45) is 0 Å². The van der Waals surface area contributed by atoms with Crippen molar-refractivity contribution in [3.05, 3.63) is 47.5 Å². The minimum Gasteiger partial charge on any atom is -0.0984 e. The highest BCUT2D eigenvalue weighted by Gasteiger charge is 2.00. The van der Waals surface area contributed by atoms with Crippen molar-refractivity contribution < 1.29 is 0 Å². The van der Waals surface area contributed by atoms with Gasteiger partial charge in [0.15, 0.2) is 0 Å². The van der Waals surface area contributed by atoms with Gasteiger partial charge in [0.05, 0.1) is 0 Å². The lowest BCUT2D eigenvalue weighted by atomic mass is 9.98. The van der Waals surface area contributed by atoms with Crippen molar-refractivity contribution in [1.82, 2.24) is 0 Å². The topological polar surface area (TPSA) is 0 Å². The minimum atomic E-state index is 1.07. The van der Waals surface area contributed by atoms with Crippen LogP contribution in [-0.4, -0.2) is 0 Å². The van der Waals surface area contributed by atoms with E-state index in [-0.39, 0.29) is 0 Å². The number of benzene rings is 1. The van der Waals surface area contributed by atoms with Crippen molar-refractivity contribution in [1.29, 1.82) is 0 Å². The highest BCUT2D eigenvalue weighted by atomic mass is 14.1. The lowest BCUT2D eigenvalue weighted by Crippen LogP contribution is -1.90. The van der Waals surface area contributed by atoms with Gasteiger partial charge in [-0.25, -0.2) is 0 Å². The summed E-state index contributed by atoms with van der Waals surface area (Å²) < 4.78 is 0. The molecule has 1 rings (SSSR count). The molecular formula is C17H28. The van der Waals surface area contributed by atoms with Crippen LogP contribution >= 0.6 is 0 Å². The predicted octanol–water partition coefficient (Wildman–Crippen LogP) is 5.90. The number of hydrogen-bond acceptors (Lipinski definition) is 0. The average molecular weight is 232 g/mol. The zero-order valence-electron chi connectivity index (χ0n) is 12.4.